The van der Waals surface area contributed by atoms with Crippen LogP contribution in [0.25, 0.3) is 27.6 Å². The molecule has 0 radical (unpaired) electrons. The molecule has 0 spiro atoms. The topological polar surface area (TPSA) is 0 Å². The summed E-state index contributed by atoms with van der Waals surface area (Å²) in [5.41, 5.74) is 1.32. The van der Waals surface area contributed by atoms with Crippen molar-refractivity contribution in [2.45, 2.75) is 26.2 Å². The van der Waals surface area contributed by atoms with E-state index in [1.807, 2.05) is 0 Å². The third-order valence-electron chi connectivity index (χ3n) is 3.80. The summed E-state index contributed by atoms with van der Waals surface area (Å²) in [5.74, 6) is 0. The lowest BCUT2D eigenvalue weighted by molar-refractivity contribution is 0.816. The lowest BCUT2D eigenvalue weighted by Gasteiger charge is -2.05. The van der Waals surface area contributed by atoms with Crippen LogP contribution in [-0.2, 0) is 0 Å². The van der Waals surface area contributed by atoms with Crippen molar-refractivity contribution in [3.63, 3.8) is 0 Å². The van der Waals surface area contributed by atoms with E-state index in [9.17, 15) is 0 Å². The number of allylic oxidation sites excluding steroid dienone is 1. The molecule has 3 aromatic carbocycles. The summed E-state index contributed by atoms with van der Waals surface area (Å²) >= 11 is 0. The molecule has 0 atom stereocenters. The molecule has 100 valence electrons. The van der Waals surface area contributed by atoms with Crippen LogP contribution in [0.3, 0.4) is 0 Å². The van der Waals surface area contributed by atoms with Crippen LogP contribution in [0, 0.1) is 0 Å². The van der Waals surface area contributed by atoms with E-state index in [-0.39, 0.29) is 0 Å². The minimum atomic E-state index is 1.17. The van der Waals surface area contributed by atoms with Crippen molar-refractivity contribution in [3.05, 3.63) is 66.2 Å². The number of hydrogen-bond donors (Lipinski definition) is 0. The third-order valence-corrected chi connectivity index (χ3v) is 3.80. The Morgan fingerprint density at radius 1 is 0.850 bits per heavy atom. The first kappa shape index (κ1) is 12.9. The second kappa shape index (κ2) is 5.92. The lowest BCUT2D eigenvalue weighted by atomic mass is 9.99. The molecule has 0 N–H and O–H groups in total. The normalized spacial score (nSPS) is 11.7. The highest BCUT2D eigenvalue weighted by Crippen LogP contribution is 2.26. The fourth-order valence-electron chi connectivity index (χ4n) is 2.67. The zero-order valence-corrected chi connectivity index (χ0v) is 12.0. The van der Waals surface area contributed by atoms with Gasteiger partial charge >= 0.3 is 0 Å². The molecule has 0 nitrogen and oxygen atoms in total. The Hall–Kier alpha value is -2.08. The van der Waals surface area contributed by atoms with E-state index in [4.69, 9.17) is 0 Å². The predicted molar refractivity (Wildman–Crippen MR) is 90.0 cm³/mol. The summed E-state index contributed by atoms with van der Waals surface area (Å²) < 4.78 is 0. The van der Waals surface area contributed by atoms with Gasteiger partial charge in [-0.25, -0.2) is 0 Å². The maximum Gasteiger partial charge on any atom is -0.0105 e. The number of hydrogen-bond acceptors (Lipinski definition) is 0. The fourth-order valence-corrected chi connectivity index (χ4v) is 2.67. The van der Waals surface area contributed by atoms with Crippen LogP contribution in [0.5, 0.6) is 0 Å². The smallest absolute Gasteiger partial charge is 0.0105 e. The van der Waals surface area contributed by atoms with Gasteiger partial charge in [-0.1, -0.05) is 74.4 Å². The molecule has 0 aromatic heterocycles. The van der Waals surface area contributed by atoms with E-state index in [0.29, 0.717) is 0 Å². The molecular formula is C20H20. The van der Waals surface area contributed by atoms with Gasteiger partial charge in [-0.2, -0.15) is 0 Å². The SMILES string of the molecule is CCCC/C=C/c1cccc2cc3ccccc3cc12. The van der Waals surface area contributed by atoms with E-state index < -0.39 is 0 Å². The minimum absolute atomic E-state index is 1.17. The summed E-state index contributed by atoms with van der Waals surface area (Å²) in [5, 5.41) is 5.29. The summed E-state index contributed by atoms with van der Waals surface area (Å²) in [6.07, 6.45) is 8.26. The first-order valence-corrected chi connectivity index (χ1v) is 7.46. The Morgan fingerprint density at radius 2 is 1.60 bits per heavy atom. The van der Waals surface area contributed by atoms with Gasteiger partial charge in [0.15, 0.2) is 0 Å². The van der Waals surface area contributed by atoms with Crippen molar-refractivity contribution in [1.29, 1.82) is 0 Å². The number of unbranched alkanes of at least 4 members (excludes halogenated alkanes) is 2. The molecule has 0 saturated carbocycles. The van der Waals surface area contributed by atoms with Crippen molar-refractivity contribution in [2.24, 2.45) is 0 Å². The van der Waals surface area contributed by atoms with Crippen LogP contribution in [-0.4, -0.2) is 0 Å². The predicted octanol–water partition coefficient (Wildman–Crippen LogP) is 6.20. The number of fused-ring (bicyclic) bond motifs is 2. The Bertz CT molecular complexity index is 750. The molecule has 0 saturated heterocycles. The molecule has 3 rings (SSSR count). The Labute approximate surface area is 120 Å². The molecule has 0 bridgehead atoms. The molecule has 0 unspecified atom stereocenters. The van der Waals surface area contributed by atoms with Crippen LogP contribution in [0.4, 0.5) is 0 Å². The van der Waals surface area contributed by atoms with Gasteiger partial charge in [-0.3, -0.25) is 0 Å². The lowest BCUT2D eigenvalue weighted by Crippen LogP contribution is -1.80. The molecular weight excluding hydrogens is 240 g/mol. The van der Waals surface area contributed by atoms with Gasteiger partial charge in [0, 0.05) is 0 Å². The van der Waals surface area contributed by atoms with Crippen LogP contribution in [0.15, 0.2) is 60.7 Å². The van der Waals surface area contributed by atoms with Crippen LogP contribution < -0.4 is 0 Å². The zero-order valence-electron chi connectivity index (χ0n) is 12.0. The van der Waals surface area contributed by atoms with E-state index in [0.717, 1.165) is 0 Å². The average Bonchev–Trinajstić information content (AvgIpc) is 2.50. The first-order chi connectivity index (χ1) is 9.88. The van der Waals surface area contributed by atoms with Crippen LogP contribution in [0.2, 0.25) is 0 Å². The summed E-state index contributed by atoms with van der Waals surface area (Å²) in [4.78, 5) is 0. The van der Waals surface area contributed by atoms with Crippen molar-refractivity contribution < 1.29 is 0 Å². The summed E-state index contributed by atoms with van der Waals surface area (Å²) in [6.45, 7) is 2.23. The molecule has 3 aromatic rings. The van der Waals surface area contributed by atoms with Crippen molar-refractivity contribution >= 4 is 27.6 Å². The Morgan fingerprint density at radius 3 is 2.40 bits per heavy atom. The molecule has 0 aliphatic carbocycles. The van der Waals surface area contributed by atoms with E-state index >= 15 is 0 Å². The molecule has 0 fully saturated rings. The highest BCUT2D eigenvalue weighted by Gasteiger charge is 2.00. The second-order valence-electron chi connectivity index (χ2n) is 5.31. The number of rotatable bonds is 4. The maximum atomic E-state index is 2.31. The monoisotopic (exact) mass is 260 g/mol. The fraction of sp³-hybridized carbons (Fsp3) is 0.200. The van der Waals surface area contributed by atoms with E-state index in [1.165, 1.54) is 46.4 Å². The molecule has 0 heterocycles. The van der Waals surface area contributed by atoms with Gasteiger partial charge in [0.25, 0.3) is 0 Å². The van der Waals surface area contributed by atoms with Crippen molar-refractivity contribution in [2.75, 3.05) is 0 Å². The molecule has 20 heavy (non-hydrogen) atoms. The van der Waals surface area contributed by atoms with Gasteiger partial charge in [0.1, 0.15) is 0 Å². The highest BCUT2D eigenvalue weighted by molar-refractivity contribution is 6.01. The standard InChI is InChI=1S/C20H20/c1-2-3-4-5-9-16-12-8-13-19-14-17-10-6-7-11-18(17)15-20(16)19/h5-15H,2-4H2,1H3/b9-5+. The molecule has 0 aliphatic rings. The quantitative estimate of drug-likeness (QED) is 0.387. The van der Waals surface area contributed by atoms with Gasteiger partial charge in [-0.15, -0.1) is 0 Å². The van der Waals surface area contributed by atoms with Crippen molar-refractivity contribution in [1.82, 2.24) is 0 Å². The average molecular weight is 260 g/mol. The van der Waals surface area contributed by atoms with E-state index in [1.54, 1.807) is 0 Å². The Balaban J connectivity index is 2.08. The molecule has 0 heteroatoms. The van der Waals surface area contributed by atoms with Gasteiger partial charge in [0.05, 0.1) is 0 Å². The number of benzene rings is 3. The Kier molecular flexibility index (Phi) is 3.83. The van der Waals surface area contributed by atoms with Crippen LogP contribution >= 0.6 is 0 Å². The molecule has 0 amide bonds. The summed E-state index contributed by atoms with van der Waals surface area (Å²) in [7, 11) is 0. The largest absolute Gasteiger partial charge is 0.0839 e. The first-order valence-electron chi connectivity index (χ1n) is 7.46. The van der Waals surface area contributed by atoms with E-state index in [2.05, 4.69) is 73.7 Å². The van der Waals surface area contributed by atoms with Gasteiger partial charge in [0.2, 0.25) is 0 Å². The van der Waals surface area contributed by atoms with Crippen molar-refractivity contribution in [3.8, 4) is 0 Å². The van der Waals surface area contributed by atoms with Crippen LogP contribution in [0.1, 0.15) is 31.7 Å². The molecule has 0 aliphatic heterocycles. The minimum Gasteiger partial charge on any atom is -0.0839 e. The van der Waals surface area contributed by atoms with Gasteiger partial charge < -0.3 is 0 Å². The maximum absolute atomic E-state index is 2.31. The second-order valence-corrected chi connectivity index (χ2v) is 5.31. The third kappa shape index (κ3) is 2.60. The highest BCUT2D eigenvalue weighted by atomic mass is 14.0. The zero-order chi connectivity index (χ0) is 13.8. The summed E-state index contributed by atoms with van der Waals surface area (Å²) in [6, 6.07) is 19.7. The van der Waals surface area contributed by atoms with Gasteiger partial charge in [-0.05, 0) is 45.7 Å².